The summed E-state index contributed by atoms with van der Waals surface area (Å²) in [5, 5.41) is 6.80. The van der Waals surface area contributed by atoms with Crippen LogP contribution < -0.4 is 20.1 Å². The van der Waals surface area contributed by atoms with Gasteiger partial charge in [0.05, 0.1) is 13.7 Å². The van der Waals surface area contributed by atoms with Crippen LogP contribution >= 0.6 is 24.0 Å². The Bertz CT molecular complexity index is 566. The highest BCUT2D eigenvalue weighted by molar-refractivity contribution is 14.0. The molecule has 0 aliphatic carbocycles. The number of rotatable bonds is 14. The van der Waals surface area contributed by atoms with Crippen LogP contribution in [0.15, 0.2) is 23.2 Å². The average Bonchev–Trinajstić information content (AvgIpc) is 2.72. The Morgan fingerprint density at radius 2 is 1.69 bits per heavy atom. The van der Waals surface area contributed by atoms with Gasteiger partial charge in [0.1, 0.15) is 0 Å². The number of nitrogens with zero attached hydrogens (tertiary/aromatic N) is 2. The van der Waals surface area contributed by atoms with E-state index in [-0.39, 0.29) is 24.0 Å². The lowest BCUT2D eigenvalue weighted by molar-refractivity contribution is 0.297. The third-order valence-electron chi connectivity index (χ3n) is 4.77. The van der Waals surface area contributed by atoms with Gasteiger partial charge in [0, 0.05) is 20.1 Å². The molecule has 168 valence electrons. The van der Waals surface area contributed by atoms with E-state index in [1.165, 1.54) is 18.5 Å². The van der Waals surface area contributed by atoms with Gasteiger partial charge in [-0.25, -0.2) is 0 Å². The van der Waals surface area contributed by atoms with Crippen LogP contribution in [0.2, 0.25) is 0 Å². The van der Waals surface area contributed by atoms with Gasteiger partial charge < -0.3 is 25.0 Å². The van der Waals surface area contributed by atoms with Crippen molar-refractivity contribution >= 4 is 29.9 Å². The van der Waals surface area contributed by atoms with Gasteiger partial charge in [0.25, 0.3) is 0 Å². The Balaban J connectivity index is 0.00000784. The quantitative estimate of drug-likeness (QED) is 0.169. The number of unbranched alkanes of at least 4 members (excludes halogenated alkanes) is 1. The summed E-state index contributed by atoms with van der Waals surface area (Å²) in [5.74, 6) is 2.49. The van der Waals surface area contributed by atoms with E-state index in [9.17, 15) is 0 Å². The molecule has 29 heavy (non-hydrogen) atoms. The fourth-order valence-electron chi connectivity index (χ4n) is 3.07. The lowest BCUT2D eigenvalue weighted by Gasteiger charge is -2.18. The van der Waals surface area contributed by atoms with Crippen LogP contribution in [0.3, 0.4) is 0 Å². The standard InChI is InChI=1S/C22H40N4O2.HI/c1-6-26(7-2)17-10-9-15-24-22(23-4)25-16-11-12-19-13-14-20(27-5)21(18-19)28-8-3;/h13-14,18H,6-12,15-17H2,1-5H3,(H2,23,24,25);1H. The van der Waals surface area contributed by atoms with Crippen LogP contribution in [0.1, 0.15) is 45.6 Å². The second-order valence-electron chi connectivity index (χ2n) is 6.68. The Morgan fingerprint density at radius 3 is 2.28 bits per heavy atom. The molecule has 1 rings (SSSR count). The van der Waals surface area contributed by atoms with E-state index >= 15 is 0 Å². The maximum Gasteiger partial charge on any atom is 0.190 e. The maximum atomic E-state index is 5.65. The van der Waals surface area contributed by atoms with E-state index in [4.69, 9.17) is 9.47 Å². The van der Waals surface area contributed by atoms with Crippen molar-refractivity contribution in [1.82, 2.24) is 15.5 Å². The molecule has 0 saturated carbocycles. The van der Waals surface area contributed by atoms with Crippen LogP contribution in [0.5, 0.6) is 11.5 Å². The van der Waals surface area contributed by atoms with E-state index in [2.05, 4.69) is 46.5 Å². The zero-order valence-corrected chi connectivity index (χ0v) is 21.3. The van der Waals surface area contributed by atoms with E-state index < -0.39 is 0 Å². The Hall–Kier alpha value is -1.22. The van der Waals surface area contributed by atoms with Gasteiger partial charge in [-0.3, -0.25) is 4.99 Å². The summed E-state index contributed by atoms with van der Waals surface area (Å²) >= 11 is 0. The molecule has 0 spiro atoms. The molecule has 0 saturated heterocycles. The molecule has 0 radical (unpaired) electrons. The smallest absolute Gasteiger partial charge is 0.190 e. The number of benzene rings is 1. The summed E-state index contributed by atoms with van der Waals surface area (Å²) in [6.45, 7) is 12.3. The fourth-order valence-corrected chi connectivity index (χ4v) is 3.07. The Labute approximate surface area is 194 Å². The molecule has 0 unspecified atom stereocenters. The molecule has 0 aliphatic rings. The van der Waals surface area contributed by atoms with Crippen LogP contribution in [0, 0.1) is 0 Å². The van der Waals surface area contributed by atoms with Crippen molar-refractivity contribution in [2.75, 3.05) is 53.5 Å². The van der Waals surface area contributed by atoms with Crippen molar-refractivity contribution in [1.29, 1.82) is 0 Å². The summed E-state index contributed by atoms with van der Waals surface area (Å²) in [7, 11) is 3.49. The maximum absolute atomic E-state index is 5.65. The number of halogens is 1. The highest BCUT2D eigenvalue weighted by Gasteiger charge is 2.05. The largest absolute Gasteiger partial charge is 0.493 e. The zero-order chi connectivity index (χ0) is 20.6. The lowest BCUT2D eigenvalue weighted by atomic mass is 10.1. The van der Waals surface area contributed by atoms with E-state index in [1.807, 2.05) is 20.0 Å². The normalized spacial score (nSPS) is 11.2. The molecule has 0 aliphatic heterocycles. The average molecular weight is 521 g/mol. The number of aryl methyl sites for hydroxylation is 1. The second kappa shape index (κ2) is 17.6. The molecule has 2 N–H and O–H groups in total. The topological polar surface area (TPSA) is 58.1 Å². The number of methoxy groups -OCH3 is 1. The number of guanidine groups is 1. The van der Waals surface area contributed by atoms with E-state index in [0.29, 0.717) is 6.61 Å². The lowest BCUT2D eigenvalue weighted by Crippen LogP contribution is -2.38. The summed E-state index contributed by atoms with van der Waals surface area (Å²) in [5.41, 5.74) is 1.25. The molecule has 1 aromatic carbocycles. The zero-order valence-electron chi connectivity index (χ0n) is 18.9. The van der Waals surface area contributed by atoms with Crippen LogP contribution in [0.4, 0.5) is 0 Å². The van der Waals surface area contributed by atoms with Gasteiger partial charge in [-0.1, -0.05) is 19.9 Å². The van der Waals surface area contributed by atoms with Crippen molar-refractivity contribution in [3.05, 3.63) is 23.8 Å². The summed E-state index contributed by atoms with van der Waals surface area (Å²) in [6, 6.07) is 6.15. The van der Waals surface area contributed by atoms with E-state index in [1.54, 1.807) is 7.11 Å². The molecular weight excluding hydrogens is 479 g/mol. The van der Waals surface area contributed by atoms with Crippen molar-refractivity contribution < 1.29 is 9.47 Å². The highest BCUT2D eigenvalue weighted by atomic mass is 127. The Morgan fingerprint density at radius 1 is 1.00 bits per heavy atom. The highest BCUT2D eigenvalue weighted by Crippen LogP contribution is 2.28. The third kappa shape index (κ3) is 11.5. The first-order valence-corrected chi connectivity index (χ1v) is 10.6. The van der Waals surface area contributed by atoms with Crippen molar-refractivity contribution in [2.45, 2.75) is 46.5 Å². The van der Waals surface area contributed by atoms with Gasteiger partial charge in [0.15, 0.2) is 17.5 Å². The molecule has 0 aromatic heterocycles. The van der Waals surface area contributed by atoms with Gasteiger partial charge in [-0.15, -0.1) is 24.0 Å². The number of hydrogen-bond donors (Lipinski definition) is 2. The minimum absolute atomic E-state index is 0. The number of ether oxygens (including phenoxy) is 2. The van der Waals surface area contributed by atoms with Crippen LogP contribution in [-0.4, -0.2) is 64.3 Å². The van der Waals surface area contributed by atoms with Gasteiger partial charge >= 0.3 is 0 Å². The number of aliphatic imine (C=N–C) groups is 1. The first kappa shape index (κ1) is 27.8. The first-order chi connectivity index (χ1) is 13.7. The molecule has 0 bridgehead atoms. The van der Waals surface area contributed by atoms with Gasteiger partial charge in [0.2, 0.25) is 0 Å². The number of hydrogen-bond acceptors (Lipinski definition) is 4. The van der Waals surface area contributed by atoms with Crippen molar-refractivity contribution in [2.24, 2.45) is 4.99 Å². The Kier molecular flexibility index (Phi) is 16.9. The monoisotopic (exact) mass is 520 g/mol. The fraction of sp³-hybridized carbons (Fsp3) is 0.682. The second-order valence-corrected chi connectivity index (χ2v) is 6.68. The predicted molar refractivity (Wildman–Crippen MR) is 134 cm³/mol. The van der Waals surface area contributed by atoms with Crippen LogP contribution in [0.25, 0.3) is 0 Å². The summed E-state index contributed by atoms with van der Waals surface area (Å²) in [6.07, 6.45) is 4.38. The van der Waals surface area contributed by atoms with Gasteiger partial charge in [-0.05, 0) is 69.9 Å². The molecule has 0 heterocycles. The molecule has 0 amide bonds. The minimum Gasteiger partial charge on any atom is -0.493 e. The molecule has 0 fully saturated rings. The van der Waals surface area contributed by atoms with E-state index in [0.717, 1.165) is 62.9 Å². The number of nitrogens with one attached hydrogen (secondary N) is 2. The van der Waals surface area contributed by atoms with Crippen LogP contribution in [-0.2, 0) is 6.42 Å². The molecular formula is C22H41IN4O2. The summed E-state index contributed by atoms with van der Waals surface area (Å²) < 4.78 is 11.0. The molecule has 6 nitrogen and oxygen atoms in total. The first-order valence-electron chi connectivity index (χ1n) is 10.6. The van der Waals surface area contributed by atoms with Crippen molar-refractivity contribution in [3.63, 3.8) is 0 Å². The molecule has 7 heteroatoms. The molecule has 1 aromatic rings. The SMILES string of the molecule is CCOc1cc(CCCNC(=NC)NCCCCN(CC)CC)ccc1OC.I. The minimum atomic E-state index is 0. The van der Waals surface area contributed by atoms with Crippen molar-refractivity contribution in [3.8, 4) is 11.5 Å². The predicted octanol–water partition coefficient (Wildman–Crippen LogP) is 3.93. The summed E-state index contributed by atoms with van der Waals surface area (Å²) in [4.78, 5) is 6.77. The van der Waals surface area contributed by atoms with Gasteiger partial charge in [-0.2, -0.15) is 0 Å². The molecule has 0 atom stereocenters. The third-order valence-corrected chi connectivity index (χ3v) is 4.77.